The van der Waals surface area contributed by atoms with Crippen molar-refractivity contribution < 1.29 is 17.9 Å². The Morgan fingerprint density at radius 2 is 1.80 bits per heavy atom. The lowest BCUT2D eigenvalue weighted by atomic mass is 10.2. The summed E-state index contributed by atoms with van der Waals surface area (Å²) in [6.45, 7) is -3.10. The molecular formula is C13H10F3IN2O. The van der Waals surface area contributed by atoms with Crippen LogP contribution in [0.25, 0.3) is 0 Å². The highest BCUT2D eigenvalue weighted by atomic mass is 127. The molecule has 0 bridgehead atoms. The summed E-state index contributed by atoms with van der Waals surface area (Å²) in [5.41, 5.74) is 6.75. The van der Waals surface area contributed by atoms with Crippen LogP contribution in [0.15, 0.2) is 36.4 Å². The zero-order valence-corrected chi connectivity index (χ0v) is 12.2. The van der Waals surface area contributed by atoms with E-state index in [0.29, 0.717) is 11.4 Å². The van der Waals surface area contributed by atoms with Gasteiger partial charge in [0.25, 0.3) is 0 Å². The first-order valence-electron chi connectivity index (χ1n) is 5.52. The zero-order valence-electron chi connectivity index (χ0n) is 10.0. The molecule has 0 amide bonds. The van der Waals surface area contributed by atoms with E-state index in [2.05, 4.69) is 32.6 Å². The number of anilines is 3. The Morgan fingerprint density at radius 3 is 2.40 bits per heavy atom. The molecule has 3 nitrogen and oxygen atoms in total. The third kappa shape index (κ3) is 3.69. The second kappa shape index (κ2) is 6.21. The minimum atomic E-state index is -3.10. The van der Waals surface area contributed by atoms with Gasteiger partial charge in [-0.2, -0.15) is 8.78 Å². The number of hydrogen-bond acceptors (Lipinski definition) is 3. The van der Waals surface area contributed by atoms with Gasteiger partial charge in [0.15, 0.2) is 11.6 Å². The Balaban J connectivity index is 2.28. The van der Waals surface area contributed by atoms with Gasteiger partial charge in [-0.3, -0.25) is 0 Å². The molecule has 0 heterocycles. The molecule has 2 rings (SSSR count). The van der Waals surface area contributed by atoms with E-state index in [4.69, 9.17) is 5.73 Å². The van der Waals surface area contributed by atoms with Crippen molar-refractivity contribution in [3.63, 3.8) is 0 Å². The summed E-state index contributed by atoms with van der Waals surface area (Å²) in [4.78, 5) is 0. The van der Waals surface area contributed by atoms with Crippen molar-refractivity contribution >= 4 is 39.7 Å². The first-order chi connectivity index (χ1) is 9.45. The van der Waals surface area contributed by atoms with Gasteiger partial charge in [-0.05, 0) is 46.9 Å². The number of ether oxygens (including phenoxy) is 1. The lowest BCUT2D eigenvalue weighted by molar-refractivity contribution is -0.0521. The van der Waals surface area contributed by atoms with Gasteiger partial charge >= 0.3 is 6.61 Å². The number of nitrogens with one attached hydrogen (secondary N) is 1. The van der Waals surface area contributed by atoms with Crippen LogP contribution in [0.5, 0.6) is 5.75 Å². The molecular weight excluding hydrogens is 384 g/mol. The lowest BCUT2D eigenvalue weighted by Crippen LogP contribution is -2.05. The van der Waals surface area contributed by atoms with Crippen molar-refractivity contribution in [1.29, 1.82) is 0 Å². The topological polar surface area (TPSA) is 47.3 Å². The first kappa shape index (κ1) is 14.8. The highest BCUT2D eigenvalue weighted by Crippen LogP contribution is 2.31. The largest absolute Gasteiger partial charge is 0.432 e. The minimum Gasteiger partial charge on any atom is -0.432 e. The van der Waals surface area contributed by atoms with Crippen LogP contribution in [0, 0.1) is 9.39 Å². The van der Waals surface area contributed by atoms with Crippen LogP contribution in [-0.2, 0) is 0 Å². The predicted molar refractivity (Wildman–Crippen MR) is 79.9 cm³/mol. The second-order valence-corrected chi connectivity index (χ2v) is 5.13. The molecule has 0 radical (unpaired) electrons. The van der Waals surface area contributed by atoms with E-state index in [9.17, 15) is 13.2 Å². The van der Waals surface area contributed by atoms with Crippen molar-refractivity contribution in [2.45, 2.75) is 6.61 Å². The fourth-order valence-electron chi connectivity index (χ4n) is 1.55. The maximum atomic E-state index is 13.4. The number of rotatable bonds is 4. The van der Waals surface area contributed by atoms with Gasteiger partial charge in [-0.1, -0.05) is 0 Å². The fourth-order valence-corrected chi connectivity index (χ4v) is 1.91. The van der Waals surface area contributed by atoms with Gasteiger partial charge in [0.1, 0.15) is 0 Å². The van der Waals surface area contributed by atoms with Gasteiger partial charge in [-0.25, -0.2) is 4.39 Å². The van der Waals surface area contributed by atoms with E-state index in [-0.39, 0.29) is 5.69 Å². The molecule has 20 heavy (non-hydrogen) atoms. The molecule has 3 N–H and O–H groups in total. The number of benzene rings is 2. The average Bonchev–Trinajstić information content (AvgIpc) is 2.37. The van der Waals surface area contributed by atoms with Crippen LogP contribution in [0.3, 0.4) is 0 Å². The summed E-state index contributed by atoms with van der Waals surface area (Å²) >= 11 is 2.15. The molecule has 0 aromatic heterocycles. The maximum absolute atomic E-state index is 13.4. The Kier molecular flexibility index (Phi) is 4.58. The van der Waals surface area contributed by atoms with Gasteiger partial charge in [0, 0.05) is 21.4 Å². The van der Waals surface area contributed by atoms with Crippen molar-refractivity contribution in [2.24, 2.45) is 0 Å². The zero-order chi connectivity index (χ0) is 14.7. The third-order valence-corrected chi connectivity index (χ3v) is 3.16. The van der Waals surface area contributed by atoms with E-state index < -0.39 is 18.2 Å². The molecule has 7 heteroatoms. The van der Waals surface area contributed by atoms with Crippen molar-refractivity contribution in [3.05, 3.63) is 45.8 Å². The molecule has 0 spiro atoms. The Morgan fingerprint density at radius 1 is 1.15 bits per heavy atom. The second-order valence-electron chi connectivity index (χ2n) is 3.88. The molecule has 0 unspecified atom stereocenters. The van der Waals surface area contributed by atoms with Gasteiger partial charge in [0.2, 0.25) is 0 Å². The van der Waals surface area contributed by atoms with Crippen molar-refractivity contribution in [3.8, 4) is 5.75 Å². The molecule has 0 saturated heterocycles. The lowest BCUT2D eigenvalue weighted by Gasteiger charge is -2.13. The Bertz CT molecular complexity index is 605. The molecule has 0 aliphatic heterocycles. The van der Waals surface area contributed by atoms with Crippen LogP contribution < -0.4 is 15.8 Å². The van der Waals surface area contributed by atoms with Crippen molar-refractivity contribution in [1.82, 2.24) is 0 Å². The van der Waals surface area contributed by atoms with Crippen LogP contribution in [0.1, 0.15) is 0 Å². The van der Waals surface area contributed by atoms with Crippen LogP contribution >= 0.6 is 22.6 Å². The van der Waals surface area contributed by atoms with E-state index in [1.165, 1.54) is 0 Å². The first-order valence-corrected chi connectivity index (χ1v) is 6.60. The van der Waals surface area contributed by atoms with Gasteiger partial charge < -0.3 is 15.8 Å². The van der Waals surface area contributed by atoms with Crippen LogP contribution in [0.4, 0.5) is 30.2 Å². The highest BCUT2D eigenvalue weighted by Gasteiger charge is 2.13. The summed E-state index contributed by atoms with van der Waals surface area (Å²) < 4.78 is 42.9. The number of nitrogens with two attached hydrogens (primary N) is 1. The summed E-state index contributed by atoms with van der Waals surface area (Å²) in [7, 11) is 0. The Hall–Kier alpha value is -1.64. The molecule has 0 fully saturated rings. The SMILES string of the molecule is Nc1cc(F)c(OC(F)F)cc1Nc1ccc(I)cc1. The van der Waals surface area contributed by atoms with Gasteiger partial charge in [-0.15, -0.1) is 0 Å². The summed E-state index contributed by atoms with van der Waals surface area (Å²) in [6.07, 6.45) is 0. The number of nitrogen functional groups attached to an aromatic ring is 1. The predicted octanol–water partition coefficient (Wildman–Crippen LogP) is 4.36. The van der Waals surface area contributed by atoms with Crippen LogP contribution in [-0.4, -0.2) is 6.61 Å². The summed E-state index contributed by atoms with van der Waals surface area (Å²) in [5.74, 6) is -1.49. The number of halogens is 4. The van der Waals surface area contributed by atoms with Gasteiger partial charge in [0.05, 0.1) is 11.4 Å². The van der Waals surface area contributed by atoms with E-state index in [1.54, 1.807) is 12.1 Å². The quantitative estimate of drug-likeness (QED) is 0.599. The number of hydrogen-bond donors (Lipinski definition) is 2. The van der Waals surface area contributed by atoms with E-state index in [0.717, 1.165) is 15.7 Å². The van der Waals surface area contributed by atoms with E-state index >= 15 is 0 Å². The summed E-state index contributed by atoms with van der Waals surface area (Å²) in [6, 6.07) is 9.34. The molecule has 2 aromatic carbocycles. The normalized spacial score (nSPS) is 10.7. The minimum absolute atomic E-state index is 0.0997. The molecule has 0 atom stereocenters. The standard InChI is InChI=1S/C13H10F3IN2O/c14-9-5-10(18)11(6-12(9)20-13(15)16)19-8-3-1-7(17)2-4-8/h1-6,13,19H,18H2. The molecule has 0 saturated carbocycles. The van der Waals surface area contributed by atoms with E-state index in [1.807, 2.05) is 12.1 Å². The highest BCUT2D eigenvalue weighted by molar-refractivity contribution is 14.1. The third-order valence-electron chi connectivity index (χ3n) is 2.44. The maximum Gasteiger partial charge on any atom is 0.387 e. The smallest absolute Gasteiger partial charge is 0.387 e. The molecule has 0 aliphatic carbocycles. The summed E-state index contributed by atoms with van der Waals surface area (Å²) in [5, 5.41) is 2.92. The molecule has 2 aromatic rings. The molecule has 0 aliphatic rings. The average molecular weight is 394 g/mol. The Labute approximate surface area is 127 Å². The molecule has 106 valence electrons. The number of alkyl halides is 2. The van der Waals surface area contributed by atoms with Crippen LogP contribution in [0.2, 0.25) is 0 Å². The fraction of sp³-hybridized carbons (Fsp3) is 0.0769. The van der Waals surface area contributed by atoms with Crippen molar-refractivity contribution in [2.75, 3.05) is 11.1 Å². The monoisotopic (exact) mass is 394 g/mol.